The molecule has 0 aliphatic carbocycles. The van der Waals surface area contributed by atoms with Crippen molar-refractivity contribution in [3.8, 4) is 0 Å². The molecule has 6 nitrogen and oxygen atoms in total. The average molecular weight is 349 g/mol. The molecule has 26 heavy (non-hydrogen) atoms. The zero-order chi connectivity index (χ0) is 17.9. The second-order valence-corrected chi connectivity index (χ2v) is 6.51. The molecule has 1 aliphatic heterocycles. The van der Waals surface area contributed by atoms with Crippen LogP contribution in [0.2, 0.25) is 0 Å². The lowest BCUT2D eigenvalue weighted by Gasteiger charge is -2.20. The van der Waals surface area contributed by atoms with Gasteiger partial charge in [-0.05, 0) is 50.6 Å². The maximum Gasteiger partial charge on any atom is 0.140 e. The topological polar surface area (TPSA) is 63.2 Å². The Kier molecular flexibility index (Phi) is 4.67. The van der Waals surface area contributed by atoms with E-state index in [2.05, 4.69) is 38.4 Å². The lowest BCUT2D eigenvalue weighted by molar-refractivity contribution is 0.0787. The molecule has 3 heterocycles. The first-order valence-corrected chi connectivity index (χ1v) is 9.05. The van der Waals surface area contributed by atoms with Crippen LogP contribution in [0.15, 0.2) is 42.7 Å². The molecule has 1 aromatic carbocycles. The molecular weight excluding hydrogens is 326 g/mol. The zero-order valence-electron chi connectivity index (χ0n) is 15.1. The van der Waals surface area contributed by atoms with Crippen LogP contribution in [-0.4, -0.2) is 40.8 Å². The van der Waals surface area contributed by atoms with E-state index in [-0.39, 0.29) is 6.10 Å². The lowest BCUT2D eigenvalue weighted by atomic mass is 10.2. The zero-order valence-corrected chi connectivity index (χ0v) is 15.1. The van der Waals surface area contributed by atoms with Crippen molar-refractivity contribution in [3.63, 3.8) is 0 Å². The Morgan fingerprint density at radius 3 is 2.96 bits per heavy atom. The number of nitrogens with one attached hydrogen (secondary N) is 1. The second-order valence-electron chi connectivity index (χ2n) is 6.51. The number of hydrogen-bond acceptors (Lipinski definition) is 6. The number of aryl methyl sites for hydroxylation is 1. The van der Waals surface area contributed by atoms with E-state index in [1.165, 1.54) is 0 Å². The summed E-state index contributed by atoms with van der Waals surface area (Å²) in [6.45, 7) is 6.59. The van der Waals surface area contributed by atoms with Gasteiger partial charge in [0.1, 0.15) is 11.6 Å². The molecule has 4 rings (SSSR count). The van der Waals surface area contributed by atoms with Crippen molar-refractivity contribution in [2.24, 2.45) is 0 Å². The average Bonchev–Trinajstić information content (AvgIpc) is 3.10. The molecule has 0 unspecified atom stereocenters. The van der Waals surface area contributed by atoms with Crippen molar-refractivity contribution in [1.82, 2.24) is 15.0 Å². The van der Waals surface area contributed by atoms with Crippen molar-refractivity contribution in [2.45, 2.75) is 26.4 Å². The molecule has 1 fully saturated rings. The largest absolute Gasteiger partial charge is 0.377 e. The van der Waals surface area contributed by atoms with Gasteiger partial charge in [0.25, 0.3) is 0 Å². The second kappa shape index (κ2) is 7.25. The number of ether oxygens (including phenoxy) is 1. The quantitative estimate of drug-likeness (QED) is 0.758. The predicted octanol–water partition coefficient (Wildman–Crippen LogP) is 3.69. The number of hydrogen-bond donors (Lipinski definition) is 1. The molecule has 1 aliphatic rings. The standard InChI is InChI=1S/C20H23N5O/c1-3-26-17-8-10-25(13-17)20-18-7-6-15(11-19(18)22-14(2)23-20)24-16-5-4-9-21-12-16/h4-7,9,11-12,17,24H,3,8,10,13H2,1-2H3/t17-/m0/s1. The molecule has 1 saturated heterocycles. The van der Waals surface area contributed by atoms with Gasteiger partial charge in [-0.1, -0.05) is 0 Å². The van der Waals surface area contributed by atoms with Gasteiger partial charge in [0.05, 0.1) is 23.5 Å². The summed E-state index contributed by atoms with van der Waals surface area (Å²) in [4.78, 5) is 15.8. The van der Waals surface area contributed by atoms with Crippen molar-refractivity contribution >= 4 is 28.1 Å². The molecule has 1 atom stereocenters. The van der Waals surface area contributed by atoms with Gasteiger partial charge in [0, 0.05) is 37.0 Å². The third-order valence-corrected chi connectivity index (χ3v) is 4.59. The fraction of sp³-hybridized carbons (Fsp3) is 0.350. The number of benzene rings is 1. The Balaban J connectivity index is 1.65. The maximum atomic E-state index is 5.78. The van der Waals surface area contributed by atoms with Gasteiger partial charge in [-0.3, -0.25) is 4.98 Å². The third-order valence-electron chi connectivity index (χ3n) is 4.59. The Labute approximate surface area is 153 Å². The summed E-state index contributed by atoms with van der Waals surface area (Å²) in [5.41, 5.74) is 2.89. The lowest BCUT2D eigenvalue weighted by Crippen LogP contribution is -2.24. The summed E-state index contributed by atoms with van der Waals surface area (Å²) in [5, 5.41) is 4.45. The van der Waals surface area contributed by atoms with Crippen LogP contribution in [-0.2, 0) is 4.74 Å². The first-order chi connectivity index (χ1) is 12.7. The highest BCUT2D eigenvalue weighted by atomic mass is 16.5. The first-order valence-electron chi connectivity index (χ1n) is 9.05. The molecule has 2 aromatic heterocycles. The summed E-state index contributed by atoms with van der Waals surface area (Å²) in [6.07, 6.45) is 4.90. The maximum absolute atomic E-state index is 5.78. The van der Waals surface area contributed by atoms with Gasteiger partial charge < -0.3 is 15.0 Å². The van der Waals surface area contributed by atoms with Gasteiger partial charge in [0.2, 0.25) is 0 Å². The highest BCUT2D eigenvalue weighted by molar-refractivity contribution is 5.92. The monoisotopic (exact) mass is 349 g/mol. The van der Waals surface area contributed by atoms with Crippen molar-refractivity contribution in [1.29, 1.82) is 0 Å². The number of aromatic nitrogens is 3. The predicted molar refractivity (Wildman–Crippen MR) is 104 cm³/mol. The Bertz CT molecular complexity index is 899. The number of rotatable bonds is 5. The van der Waals surface area contributed by atoms with Crippen LogP contribution in [0.5, 0.6) is 0 Å². The van der Waals surface area contributed by atoms with E-state index >= 15 is 0 Å². The number of fused-ring (bicyclic) bond motifs is 1. The molecule has 3 aromatic rings. The highest BCUT2D eigenvalue weighted by Gasteiger charge is 2.25. The van der Waals surface area contributed by atoms with Crippen LogP contribution < -0.4 is 10.2 Å². The Hall–Kier alpha value is -2.73. The van der Waals surface area contributed by atoms with E-state index in [1.54, 1.807) is 12.4 Å². The van der Waals surface area contributed by atoms with E-state index in [4.69, 9.17) is 9.72 Å². The van der Waals surface area contributed by atoms with Gasteiger partial charge in [0.15, 0.2) is 0 Å². The normalized spacial score (nSPS) is 17.0. The van der Waals surface area contributed by atoms with E-state index in [0.29, 0.717) is 0 Å². The van der Waals surface area contributed by atoms with Crippen LogP contribution in [0.1, 0.15) is 19.2 Å². The van der Waals surface area contributed by atoms with E-state index in [1.807, 2.05) is 26.0 Å². The van der Waals surface area contributed by atoms with Crippen molar-refractivity contribution in [2.75, 3.05) is 29.9 Å². The van der Waals surface area contributed by atoms with Crippen LogP contribution >= 0.6 is 0 Å². The molecule has 1 N–H and O–H groups in total. The Morgan fingerprint density at radius 2 is 2.15 bits per heavy atom. The van der Waals surface area contributed by atoms with Crippen LogP contribution in [0.3, 0.4) is 0 Å². The minimum atomic E-state index is 0.289. The van der Waals surface area contributed by atoms with Gasteiger partial charge in [-0.2, -0.15) is 0 Å². The minimum absolute atomic E-state index is 0.289. The third kappa shape index (κ3) is 3.46. The summed E-state index contributed by atoms with van der Waals surface area (Å²) in [6, 6.07) is 10.1. The first kappa shape index (κ1) is 16.7. The van der Waals surface area contributed by atoms with Gasteiger partial charge in [-0.25, -0.2) is 9.97 Å². The van der Waals surface area contributed by atoms with Crippen LogP contribution in [0.4, 0.5) is 17.2 Å². The van der Waals surface area contributed by atoms with Crippen LogP contribution in [0, 0.1) is 6.92 Å². The van der Waals surface area contributed by atoms with E-state index in [9.17, 15) is 0 Å². The molecular formula is C20H23N5O. The molecule has 0 radical (unpaired) electrons. The number of pyridine rings is 1. The number of nitrogens with zero attached hydrogens (tertiary/aromatic N) is 4. The fourth-order valence-electron chi connectivity index (χ4n) is 3.44. The van der Waals surface area contributed by atoms with Crippen molar-refractivity contribution < 1.29 is 4.74 Å². The van der Waals surface area contributed by atoms with E-state index in [0.717, 1.165) is 60.0 Å². The summed E-state index contributed by atoms with van der Waals surface area (Å²) in [5.74, 6) is 1.79. The molecule has 0 saturated carbocycles. The summed E-state index contributed by atoms with van der Waals surface area (Å²) >= 11 is 0. The molecule has 0 amide bonds. The smallest absolute Gasteiger partial charge is 0.140 e. The summed E-state index contributed by atoms with van der Waals surface area (Å²) in [7, 11) is 0. The fourth-order valence-corrected chi connectivity index (χ4v) is 3.44. The highest BCUT2D eigenvalue weighted by Crippen LogP contribution is 2.30. The Morgan fingerprint density at radius 1 is 1.23 bits per heavy atom. The molecule has 6 heteroatoms. The van der Waals surface area contributed by atoms with Crippen molar-refractivity contribution in [3.05, 3.63) is 48.5 Å². The minimum Gasteiger partial charge on any atom is -0.377 e. The molecule has 0 bridgehead atoms. The summed E-state index contributed by atoms with van der Waals surface area (Å²) < 4.78 is 5.78. The molecule has 0 spiro atoms. The SMILES string of the molecule is CCO[C@H]1CCN(c2nc(C)nc3cc(Nc4cccnc4)ccc23)C1. The van der Waals surface area contributed by atoms with Gasteiger partial charge in [-0.15, -0.1) is 0 Å². The van der Waals surface area contributed by atoms with Gasteiger partial charge >= 0.3 is 0 Å². The molecule has 134 valence electrons. The van der Waals surface area contributed by atoms with E-state index < -0.39 is 0 Å². The van der Waals surface area contributed by atoms with Crippen LogP contribution in [0.25, 0.3) is 10.9 Å². The number of anilines is 3.